The van der Waals surface area contributed by atoms with Gasteiger partial charge in [-0.15, -0.1) is 0 Å². The molecule has 0 saturated carbocycles. The third-order valence-corrected chi connectivity index (χ3v) is 3.82. The minimum absolute atomic E-state index is 0.103. The molecule has 0 aromatic carbocycles. The van der Waals surface area contributed by atoms with Crippen LogP contribution in [0.2, 0.25) is 0 Å². The van der Waals surface area contributed by atoms with Gasteiger partial charge in [-0.3, -0.25) is 4.90 Å². The van der Waals surface area contributed by atoms with Gasteiger partial charge >= 0.3 is 0 Å². The lowest BCUT2D eigenvalue weighted by Crippen LogP contribution is -2.39. The maximum atomic E-state index is 11.2. The van der Waals surface area contributed by atoms with Crippen LogP contribution in [0.5, 0.6) is 0 Å². The molecule has 5 nitrogen and oxygen atoms in total. The summed E-state index contributed by atoms with van der Waals surface area (Å²) in [5.74, 6) is 0. The van der Waals surface area contributed by atoms with Crippen LogP contribution in [-0.4, -0.2) is 70.5 Å². The predicted octanol–water partition coefficient (Wildman–Crippen LogP) is -0.0624. The van der Waals surface area contributed by atoms with E-state index in [9.17, 15) is 4.79 Å². The minimum Gasteiger partial charge on any atom is -0.380 e. The zero-order valence-electron chi connectivity index (χ0n) is 10.6. The molecule has 3 unspecified atom stereocenters. The lowest BCUT2D eigenvalue weighted by atomic mass is 9.89. The normalized spacial score (nSPS) is 38.7. The van der Waals surface area contributed by atoms with Gasteiger partial charge < -0.3 is 19.0 Å². The fourth-order valence-corrected chi connectivity index (χ4v) is 2.72. The Morgan fingerprint density at radius 1 is 1.35 bits per heavy atom. The third-order valence-electron chi connectivity index (χ3n) is 3.82. The zero-order chi connectivity index (χ0) is 12.3. The number of hydrogen-bond acceptors (Lipinski definition) is 5. The average molecular weight is 243 g/mol. The molecule has 98 valence electrons. The fourth-order valence-electron chi connectivity index (χ4n) is 2.72. The van der Waals surface area contributed by atoms with E-state index in [0.29, 0.717) is 13.2 Å². The van der Waals surface area contributed by atoms with E-state index in [2.05, 4.69) is 4.90 Å². The van der Waals surface area contributed by atoms with Crippen molar-refractivity contribution in [2.24, 2.45) is 5.41 Å². The number of carbonyl (C=O) groups is 1. The Morgan fingerprint density at radius 3 is 2.41 bits per heavy atom. The number of hydrogen-bond donors (Lipinski definition) is 0. The number of methoxy groups -OCH3 is 2. The molecule has 0 bridgehead atoms. The van der Waals surface area contributed by atoms with Gasteiger partial charge in [-0.25, -0.2) is 0 Å². The molecule has 2 saturated heterocycles. The largest absolute Gasteiger partial charge is 0.380 e. The van der Waals surface area contributed by atoms with Crippen LogP contribution in [0, 0.1) is 5.41 Å². The van der Waals surface area contributed by atoms with Crippen LogP contribution >= 0.6 is 0 Å². The van der Waals surface area contributed by atoms with Crippen LogP contribution in [0.3, 0.4) is 0 Å². The van der Waals surface area contributed by atoms with Crippen LogP contribution in [0.1, 0.15) is 6.42 Å². The van der Waals surface area contributed by atoms with Crippen LogP contribution < -0.4 is 0 Å². The molecule has 5 heteroatoms. The summed E-state index contributed by atoms with van der Waals surface area (Å²) < 4.78 is 16.1. The van der Waals surface area contributed by atoms with E-state index < -0.39 is 0 Å². The number of nitrogens with zero attached hydrogens (tertiary/aromatic N) is 1. The highest BCUT2D eigenvalue weighted by atomic mass is 16.5. The standard InChI is InChI=1S/C12H21NO4/c1-15-10-5-13(6-11(10)16-2)7-12(8-14)3-4-17-9-12/h8,10-11H,3-7,9H2,1-2H3. The van der Waals surface area contributed by atoms with Crippen molar-refractivity contribution in [3.8, 4) is 0 Å². The molecule has 0 aromatic heterocycles. The van der Waals surface area contributed by atoms with Gasteiger partial charge in [0.1, 0.15) is 6.29 Å². The lowest BCUT2D eigenvalue weighted by molar-refractivity contribution is -0.117. The van der Waals surface area contributed by atoms with Gasteiger partial charge in [0.2, 0.25) is 0 Å². The van der Waals surface area contributed by atoms with Crippen LogP contribution in [0.25, 0.3) is 0 Å². The van der Waals surface area contributed by atoms with Gasteiger partial charge in [0.05, 0.1) is 24.2 Å². The first-order chi connectivity index (χ1) is 8.23. The average Bonchev–Trinajstić information content (AvgIpc) is 2.96. The molecule has 2 aliphatic rings. The molecule has 0 aliphatic carbocycles. The Morgan fingerprint density at radius 2 is 2.00 bits per heavy atom. The summed E-state index contributed by atoms with van der Waals surface area (Å²) in [6.45, 7) is 3.63. The maximum Gasteiger partial charge on any atom is 0.129 e. The molecule has 0 N–H and O–H groups in total. The van der Waals surface area contributed by atoms with Crippen LogP contribution in [0.4, 0.5) is 0 Å². The fraction of sp³-hybridized carbons (Fsp3) is 0.917. The minimum atomic E-state index is -0.319. The molecule has 0 amide bonds. The van der Waals surface area contributed by atoms with Crippen molar-refractivity contribution in [3.05, 3.63) is 0 Å². The Balaban J connectivity index is 1.93. The first-order valence-electron chi connectivity index (χ1n) is 6.05. The van der Waals surface area contributed by atoms with Crippen molar-refractivity contribution in [2.75, 3.05) is 47.1 Å². The first-order valence-corrected chi connectivity index (χ1v) is 6.05. The number of rotatable bonds is 5. The molecule has 0 aromatic rings. The molecule has 2 heterocycles. The van der Waals surface area contributed by atoms with Gasteiger partial charge in [-0.05, 0) is 6.42 Å². The summed E-state index contributed by atoms with van der Waals surface area (Å²) in [6, 6.07) is 0. The molecule has 0 spiro atoms. The van der Waals surface area contributed by atoms with Gasteiger partial charge in [-0.1, -0.05) is 0 Å². The SMILES string of the molecule is COC1CN(CC2(C=O)CCOC2)CC1OC. The molecule has 2 aliphatic heterocycles. The molecular formula is C12H21NO4. The highest BCUT2D eigenvalue weighted by molar-refractivity contribution is 5.60. The second kappa shape index (κ2) is 5.44. The summed E-state index contributed by atoms with van der Waals surface area (Å²) in [4.78, 5) is 13.5. The summed E-state index contributed by atoms with van der Waals surface area (Å²) in [5.41, 5.74) is -0.319. The Kier molecular flexibility index (Phi) is 4.14. The topological polar surface area (TPSA) is 48.0 Å². The Labute approximate surface area is 102 Å². The summed E-state index contributed by atoms with van der Waals surface area (Å²) in [6.07, 6.45) is 2.08. The van der Waals surface area contributed by atoms with Crippen molar-refractivity contribution in [1.82, 2.24) is 4.90 Å². The van der Waals surface area contributed by atoms with Gasteiger partial charge in [0.15, 0.2) is 0 Å². The van der Waals surface area contributed by atoms with Gasteiger partial charge in [0, 0.05) is 40.5 Å². The van der Waals surface area contributed by atoms with Gasteiger partial charge in [-0.2, -0.15) is 0 Å². The molecule has 2 rings (SSSR count). The van der Waals surface area contributed by atoms with Crippen molar-refractivity contribution in [1.29, 1.82) is 0 Å². The van der Waals surface area contributed by atoms with E-state index in [4.69, 9.17) is 14.2 Å². The predicted molar refractivity (Wildman–Crippen MR) is 62.0 cm³/mol. The number of ether oxygens (including phenoxy) is 3. The summed E-state index contributed by atoms with van der Waals surface area (Å²) in [5, 5.41) is 0. The second-order valence-corrected chi connectivity index (χ2v) is 5.03. The van der Waals surface area contributed by atoms with Crippen LogP contribution in [-0.2, 0) is 19.0 Å². The molecule has 3 atom stereocenters. The van der Waals surface area contributed by atoms with Crippen molar-refractivity contribution < 1.29 is 19.0 Å². The monoisotopic (exact) mass is 243 g/mol. The Hall–Kier alpha value is -0.490. The lowest BCUT2D eigenvalue weighted by Gasteiger charge is -2.26. The smallest absolute Gasteiger partial charge is 0.129 e. The number of carbonyl (C=O) groups excluding carboxylic acids is 1. The second-order valence-electron chi connectivity index (χ2n) is 5.03. The molecule has 17 heavy (non-hydrogen) atoms. The molecule has 2 fully saturated rings. The van der Waals surface area contributed by atoms with E-state index >= 15 is 0 Å². The van der Waals surface area contributed by atoms with Crippen molar-refractivity contribution in [2.45, 2.75) is 18.6 Å². The molecule has 0 radical (unpaired) electrons. The van der Waals surface area contributed by atoms with Gasteiger partial charge in [0.25, 0.3) is 0 Å². The molecular weight excluding hydrogens is 222 g/mol. The third kappa shape index (κ3) is 2.68. The van der Waals surface area contributed by atoms with Crippen molar-refractivity contribution in [3.63, 3.8) is 0 Å². The summed E-state index contributed by atoms with van der Waals surface area (Å²) >= 11 is 0. The maximum absolute atomic E-state index is 11.2. The van der Waals surface area contributed by atoms with Crippen LogP contribution in [0.15, 0.2) is 0 Å². The first kappa shape index (κ1) is 13.0. The van der Waals surface area contributed by atoms with E-state index in [1.165, 1.54) is 0 Å². The van der Waals surface area contributed by atoms with Crippen molar-refractivity contribution >= 4 is 6.29 Å². The van der Waals surface area contributed by atoms with E-state index in [1.807, 2.05) is 0 Å². The summed E-state index contributed by atoms with van der Waals surface area (Å²) in [7, 11) is 3.41. The quantitative estimate of drug-likeness (QED) is 0.633. The van der Waals surface area contributed by atoms with E-state index in [0.717, 1.165) is 32.3 Å². The Bertz CT molecular complexity index is 253. The van der Waals surface area contributed by atoms with E-state index in [1.54, 1.807) is 14.2 Å². The highest BCUT2D eigenvalue weighted by Gasteiger charge is 2.41. The van der Waals surface area contributed by atoms with E-state index in [-0.39, 0.29) is 17.6 Å². The number of likely N-dealkylation sites (tertiary alicyclic amines) is 1. The highest BCUT2D eigenvalue weighted by Crippen LogP contribution is 2.29. The zero-order valence-corrected chi connectivity index (χ0v) is 10.6. The number of aldehydes is 1.